The Morgan fingerprint density at radius 2 is 0.846 bits per heavy atom. The first-order valence-electron chi connectivity index (χ1n) is 17.1. The van der Waals surface area contributed by atoms with Crippen LogP contribution in [0.15, 0.2) is 0 Å². The Kier molecular flexibility index (Phi) is 27.6. The summed E-state index contributed by atoms with van der Waals surface area (Å²) in [7, 11) is 0. The normalized spacial score (nSPS) is 13.0. The highest BCUT2D eigenvalue weighted by molar-refractivity contribution is 5.69. The molecular weight excluding hydrogens is 486 g/mol. The Bertz CT molecular complexity index is 539. The van der Waals surface area contributed by atoms with Gasteiger partial charge in [-0.25, -0.2) is 0 Å². The summed E-state index contributed by atoms with van der Waals surface area (Å²) in [6.07, 6.45) is 26.5. The molecule has 0 radical (unpaired) electrons. The first kappa shape index (κ1) is 37.9. The largest absolute Gasteiger partial charge is 0.462 e. The molecular formula is C34H67NO4. The maximum absolute atomic E-state index is 12.5. The summed E-state index contributed by atoms with van der Waals surface area (Å²) in [5, 5.41) is 0. The van der Waals surface area contributed by atoms with E-state index in [1.54, 1.807) is 0 Å². The maximum atomic E-state index is 12.5. The molecule has 0 aliphatic carbocycles. The van der Waals surface area contributed by atoms with E-state index >= 15 is 0 Å². The summed E-state index contributed by atoms with van der Waals surface area (Å²) in [6.45, 7) is 8.79. The highest BCUT2D eigenvalue weighted by Gasteiger charge is 2.16. The fourth-order valence-electron chi connectivity index (χ4n) is 5.19. The number of hydrogen-bond donors (Lipinski definition) is 1. The molecule has 0 saturated carbocycles. The summed E-state index contributed by atoms with van der Waals surface area (Å²) < 4.78 is 11.6. The van der Waals surface area contributed by atoms with E-state index in [2.05, 4.69) is 27.7 Å². The molecule has 0 heterocycles. The van der Waals surface area contributed by atoms with Crippen LogP contribution in [0.25, 0.3) is 0 Å². The van der Waals surface area contributed by atoms with Gasteiger partial charge in [0.05, 0.1) is 0 Å². The molecule has 5 heteroatoms. The lowest BCUT2D eigenvalue weighted by atomic mass is 10.0. The van der Waals surface area contributed by atoms with E-state index in [0.29, 0.717) is 12.8 Å². The molecule has 0 saturated heterocycles. The first-order chi connectivity index (χ1) is 19.0. The molecule has 0 rings (SSSR count). The molecule has 232 valence electrons. The zero-order valence-corrected chi connectivity index (χ0v) is 26.6. The zero-order chi connectivity index (χ0) is 29.0. The molecule has 5 nitrogen and oxygen atoms in total. The quantitative estimate of drug-likeness (QED) is 0.0736. The number of carbonyl (C=O) groups is 2. The van der Waals surface area contributed by atoms with Crippen molar-refractivity contribution in [1.82, 2.24) is 0 Å². The van der Waals surface area contributed by atoms with Gasteiger partial charge >= 0.3 is 11.9 Å². The minimum atomic E-state index is -0.0957. The van der Waals surface area contributed by atoms with E-state index in [-0.39, 0.29) is 30.2 Å². The summed E-state index contributed by atoms with van der Waals surface area (Å²) in [5.41, 5.74) is 6.29. The number of hydrogen-bond acceptors (Lipinski definition) is 5. The number of nitrogens with two attached hydrogens (primary N) is 1. The van der Waals surface area contributed by atoms with Gasteiger partial charge in [-0.05, 0) is 70.6 Å². The molecule has 0 spiro atoms. The Balaban J connectivity index is 4.13. The monoisotopic (exact) mass is 554 g/mol. The third kappa shape index (κ3) is 25.6. The third-order valence-corrected chi connectivity index (χ3v) is 7.85. The van der Waals surface area contributed by atoms with Crippen molar-refractivity contribution in [1.29, 1.82) is 0 Å². The topological polar surface area (TPSA) is 78.6 Å². The Morgan fingerprint density at radius 1 is 0.487 bits per heavy atom. The van der Waals surface area contributed by atoms with Crippen LogP contribution in [0.1, 0.15) is 188 Å². The van der Waals surface area contributed by atoms with Crippen molar-refractivity contribution in [2.75, 3.05) is 0 Å². The van der Waals surface area contributed by atoms with Crippen LogP contribution in [0.3, 0.4) is 0 Å². The van der Waals surface area contributed by atoms with E-state index in [1.165, 1.54) is 77.0 Å². The van der Waals surface area contributed by atoms with Crippen molar-refractivity contribution in [2.45, 2.75) is 206 Å². The second-order valence-electron chi connectivity index (χ2n) is 11.8. The molecule has 0 amide bonds. The third-order valence-electron chi connectivity index (χ3n) is 7.85. The Morgan fingerprint density at radius 3 is 1.23 bits per heavy atom. The average molecular weight is 554 g/mol. The summed E-state index contributed by atoms with van der Waals surface area (Å²) >= 11 is 0. The minimum Gasteiger partial charge on any atom is -0.462 e. The van der Waals surface area contributed by atoms with Crippen LogP contribution in [-0.4, -0.2) is 30.2 Å². The Hall–Kier alpha value is -1.10. The SMILES string of the molecule is CCCCCCCC(CC)OC(=O)CCCC(N)CCCC(=O)OC(CCCCCCC)CCCCCCC. The number of unbranched alkanes of at least 4 members (excludes halogenated alkanes) is 12. The van der Waals surface area contributed by atoms with Crippen molar-refractivity contribution in [3.8, 4) is 0 Å². The van der Waals surface area contributed by atoms with Crippen LogP contribution >= 0.6 is 0 Å². The van der Waals surface area contributed by atoms with Crippen LogP contribution in [-0.2, 0) is 19.1 Å². The van der Waals surface area contributed by atoms with E-state index in [9.17, 15) is 9.59 Å². The Labute approximate surface area is 243 Å². The molecule has 2 N–H and O–H groups in total. The molecule has 39 heavy (non-hydrogen) atoms. The molecule has 0 fully saturated rings. The predicted molar refractivity (Wildman–Crippen MR) is 166 cm³/mol. The van der Waals surface area contributed by atoms with Gasteiger partial charge in [-0.15, -0.1) is 0 Å². The molecule has 2 atom stereocenters. The standard InChI is InChI=1S/C34H67NO4/c1-5-9-12-15-18-25-31(8-4)38-33(36)28-21-23-30(35)24-22-29-34(37)39-32(26-19-16-13-10-6-2)27-20-17-14-11-7-3/h30-32H,5-29,35H2,1-4H3. The van der Waals surface area contributed by atoms with Gasteiger partial charge in [0.25, 0.3) is 0 Å². The highest BCUT2D eigenvalue weighted by atomic mass is 16.5. The van der Waals surface area contributed by atoms with Crippen molar-refractivity contribution < 1.29 is 19.1 Å². The van der Waals surface area contributed by atoms with E-state index in [4.69, 9.17) is 15.2 Å². The molecule has 0 bridgehead atoms. The maximum Gasteiger partial charge on any atom is 0.306 e. The van der Waals surface area contributed by atoms with Crippen molar-refractivity contribution >= 4 is 11.9 Å². The lowest BCUT2D eigenvalue weighted by molar-refractivity contribution is -0.150. The van der Waals surface area contributed by atoms with Gasteiger partial charge in [-0.2, -0.15) is 0 Å². The van der Waals surface area contributed by atoms with Gasteiger partial charge in [-0.1, -0.05) is 105 Å². The zero-order valence-electron chi connectivity index (χ0n) is 26.6. The summed E-state index contributed by atoms with van der Waals surface area (Å²) in [6, 6.07) is 0.0130. The second kappa shape index (κ2) is 28.4. The molecule has 0 aromatic heterocycles. The van der Waals surface area contributed by atoms with Gasteiger partial charge in [0.15, 0.2) is 0 Å². The van der Waals surface area contributed by atoms with Crippen molar-refractivity contribution in [2.24, 2.45) is 5.73 Å². The second-order valence-corrected chi connectivity index (χ2v) is 11.8. The number of rotatable bonds is 29. The minimum absolute atomic E-state index is 0.0130. The smallest absolute Gasteiger partial charge is 0.306 e. The van der Waals surface area contributed by atoms with Gasteiger partial charge in [0.1, 0.15) is 12.2 Å². The van der Waals surface area contributed by atoms with Crippen LogP contribution in [0.5, 0.6) is 0 Å². The number of ether oxygens (including phenoxy) is 2. The average Bonchev–Trinajstić information content (AvgIpc) is 2.91. The fraction of sp³-hybridized carbons (Fsp3) is 0.941. The fourth-order valence-corrected chi connectivity index (χ4v) is 5.19. The lowest BCUT2D eigenvalue weighted by Gasteiger charge is -2.19. The van der Waals surface area contributed by atoms with Gasteiger partial charge in [-0.3, -0.25) is 9.59 Å². The highest BCUT2D eigenvalue weighted by Crippen LogP contribution is 2.18. The van der Waals surface area contributed by atoms with Crippen molar-refractivity contribution in [3.05, 3.63) is 0 Å². The number of esters is 2. The molecule has 0 aliphatic rings. The predicted octanol–water partition coefficient (Wildman–Crippen LogP) is 9.97. The molecule has 0 aromatic rings. The molecule has 2 unspecified atom stereocenters. The van der Waals surface area contributed by atoms with E-state index < -0.39 is 0 Å². The van der Waals surface area contributed by atoms with Gasteiger partial charge < -0.3 is 15.2 Å². The molecule has 0 aromatic carbocycles. The van der Waals surface area contributed by atoms with Crippen LogP contribution in [0, 0.1) is 0 Å². The van der Waals surface area contributed by atoms with Gasteiger partial charge in [0.2, 0.25) is 0 Å². The van der Waals surface area contributed by atoms with E-state index in [1.807, 2.05) is 0 Å². The number of carbonyl (C=O) groups excluding carboxylic acids is 2. The van der Waals surface area contributed by atoms with Crippen LogP contribution in [0.2, 0.25) is 0 Å². The van der Waals surface area contributed by atoms with Crippen molar-refractivity contribution in [3.63, 3.8) is 0 Å². The van der Waals surface area contributed by atoms with Crippen LogP contribution < -0.4 is 5.73 Å². The lowest BCUT2D eigenvalue weighted by Crippen LogP contribution is -2.22. The summed E-state index contributed by atoms with van der Waals surface area (Å²) in [4.78, 5) is 24.8. The first-order valence-corrected chi connectivity index (χ1v) is 17.1. The van der Waals surface area contributed by atoms with Crippen LogP contribution in [0.4, 0.5) is 0 Å². The molecule has 0 aliphatic heterocycles. The summed E-state index contributed by atoms with van der Waals surface area (Å²) in [5.74, 6) is -0.167. The van der Waals surface area contributed by atoms with E-state index in [0.717, 1.165) is 70.6 Å². The van der Waals surface area contributed by atoms with Gasteiger partial charge in [0, 0.05) is 18.9 Å².